The van der Waals surface area contributed by atoms with E-state index in [0.29, 0.717) is 43.2 Å². The summed E-state index contributed by atoms with van der Waals surface area (Å²) in [5, 5.41) is 2.95. The smallest absolute Gasteiger partial charge is 0.417 e. The van der Waals surface area contributed by atoms with Gasteiger partial charge in [-0.05, 0) is 49.7 Å². The van der Waals surface area contributed by atoms with Crippen LogP contribution in [0.5, 0.6) is 5.75 Å². The van der Waals surface area contributed by atoms with Crippen molar-refractivity contribution in [2.45, 2.75) is 25.6 Å². The van der Waals surface area contributed by atoms with Crippen molar-refractivity contribution in [1.29, 1.82) is 0 Å². The monoisotopic (exact) mass is 379 g/mol. The fourth-order valence-electron chi connectivity index (χ4n) is 2.96. The summed E-state index contributed by atoms with van der Waals surface area (Å²) in [6.45, 7) is 3.56. The fourth-order valence-corrected chi connectivity index (χ4v) is 2.96. The molecule has 8 heteroatoms. The molecule has 0 bridgehead atoms. The Morgan fingerprint density at radius 3 is 2.59 bits per heavy atom. The molecule has 27 heavy (non-hydrogen) atoms. The zero-order chi connectivity index (χ0) is 19.4. The van der Waals surface area contributed by atoms with Gasteiger partial charge in [-0.1, -0.05) is 0 Å². The number of nitrogens with zero attached hydrogens (tertiary/aromatic N) is 2. The number of benzene rings is 1. The van der Waals surface area contributed by atoms with Crippen LogP contribution in [0.25, 0.3) is 0 Å². The van der Waals surface area contributed by atoms with Gasteiger partial charge in [0.25, 0.3) is 5.91 Å². The lowest BCUT2D eigenvalue weighted by molar-refractivity contribution is -0.137. The highest BCUT2D eigenvalue weighted by Gasteiger charge is 2.31. The molecular weight excluding hydrogens is 359 g/mol. The summed E-state index contributed by atoms with van der Waals surface area (Å²) in [6, 6.07) is 9.17. The van der Waals surface area contributed by atoms with Gasteiger partial charge in [0.2, 0.25) is 0 Å². The van der Waals surface area contributed by atoms with Gasteiger partial charge in [0.1, 0.15) is 11.6 Å². The summed E-state index contributed by atoms with van der Waals surface area (Å²) < 4.78 is 43.2. The van der Waals surface area contributed by atoms with Crippen LogP contribution in [0.2, 0.25) is 0 Å². The van der Waals surface area contributed by atoms with Gasteiger partial charge < -0.3 is 15.0 Å². The first-order valence-corrected chi connectivity index (χ1v) is 8.68. The second kappa shape index (κ2) is 7.85. The second-order valence-electron chi connectivity index (χ2n) is 6.27. The molecule has 1 aromatic carbocycles. The molecule has 1 amide bonds. The molecule has 1 aliphatic heterocycles. The maximum absolute atomic E-state index is 12.6. The quantitative estimate of drug-likeness (QED) is 0.864. The average Bonchev–Trinajstić information content (AvgIpc) is 3.10. The van der Waals surface area contributed by atoms with E-state index in [4.69, 9.17) is 4.74 Å². The minimum Gasteiger partial charge on any atom is -0.494 e. The Morgan fingerprint density at radius 1 is 1.26 bits per heavy atom. The van der Waals surface area contributed by atoms with Gasteiger partial charge in [-0.25, -0.2) is 4.98 Å². The molecule has 1 aromatic heterocycles. The summed E-state index contributed by atoms with van der Waals surface area (Å²) in [4.78, 5) is 18.1. The van der Waals surface area contributed by atoms with Crippen LogP contribution in [0, 0.1) is 0 Å². The Hall–Kier alpha value is -2.77. The largest absolute Gasteiger partial charge is 0.494 e. The van der Waals surface area contributed by atoms with Crippen LogP contribution < -0.4 is 15.0 Å². The van der Waals surface area contributed by atoms with E-state index >= 15 is 0 Å². The molecule has 1 aliphatic rings. The molecule has 0 radical (unpaired) electrons. The van der Waals surface area contributed by atoms with E-state index in [9.17, 15) is 18.0 Å². The SMILES string of the molecule is CCOc1ccc(C(=O)NC2CCN(c3ccc(C(F)(F)F)cn3)C2)cc1. The van der Waals surface area contributed by atoms with Crippen LogP contribution >= 0.6 is 0 Å². The number of carbonyl (C=O) groups is 1. The summed E-state index contributed by atoms with van der Waals surface area (Å²) in [5.41, 5.74) is -0.240. The number of anilines is 1. The molecule has 0 aliphatic carbocycles. The van der Waals surface area contributed by atoms with Crippen LogP contribution in [0.15, 0.2) is 42.6 Å². The minimum atomic E-state index is -4.40. The number of halogens is 3. The number of aromatic nitrogens is 1. The molecule has 1 unspecified atom stereocenters. The van der Waals surface area contributed by atoms with E-state index in [-0.39, 0.29) is 11.9 Å². The molecule has 3 rings (SSSR count). The highest BCUT2D eigenvalue weighted by Crippen LogP contribution is 2.30. The third-order valence-corrected chi connectivity index (χ3v) is 4.35. The standard InChI is InChI=1S/C19H20F3N3O2/c1-2-27-16-6-3-13(4-7-16)18(26)24-15-9-10-25(12-15)17-8-5-14(11-23-17)19(20,21)22/h3-8,11,15H,2,9-10,12H2,1H3,(H,24,26). The van der Waals surface area contributed by atoms with Crippen LogP contribution in [-0.4, -0.2) is 36.6 Å². The summed E-state index contributed by atoms with van der Waals surface area (Å²) in [7, 11) is 0. The zero-order valence-electron chi connectivity index (χ0n) is 14.8. The third kappa shape index (κ3) is 4.69. The lowest BCUT2D eigenvalue weighted by Crippen LogP contribution is -2.37. The minimum absolute atomic E-state index is 0.0897. The highest BCUT2D eigenvalue weighted by atomic mass is 19.4. The number of pyridine rings is 1. The van der Waals surface area contributed by atoms with Crippen molar-refractivity contribution < 1.29 is 22.7 Å². The van der Waals surface area contributed by atoms with E-state index in [2.05, 4.69) is 10.3 Å². The van der Waals surface area contributed by atoms with E-state index in [0.717, 1.165) is 12.3 Å². The number of rotatable bonds is 5. The van der Waals surface area contributed by atoms with Crippen molar-refractivity contribution in [2.75, 3.05) is 24.6 Å². The average molecular weight is 379 g/mol. The number of nitrogens with one attached hydrogen (secondary N) is 1. The Kier molecular flexibility index (Phi) is 5.53. The van der Waals surface area contributed by atoms with Gasteiger partial charge in [-0.2, -0.15) is 13.2 Å². The number of hydrogen-bond acceptors (Lipinski definition) is 4. The van der Waals surface area contributed by atoms with E-state index in [1.807, 2.05) is 11.8 Å². The summed E-state index contributed by atoms with van der Waals surface area (Å²) >= 11 is 0. The van der Waals surface area contributed by atoms with Crippen LogP contribution in [0.3, 0.4) is 0 Å². The predicted molar refractivity (Wildman–Crippen MR) is 94.9 cm³/mol. The number of ether oxygens (including phenoxy) is 1. The lowest BCUT2D eigenvalue weighted by atomic mass is 10.2. The zero-order valence-corrected chi connectivity index (χ0v) is 14.8. The molecule has 5 nitrogen and oxygen atoms in total. The lowest BCUT2D eigenvalue weighted by Gasteiger charge is -2.18. The molecule has 0 spiro atoms. The van der Waals surface area contributed by atoms with E-state index in [1.165, 1.54) is 6.07 Å². The Labute approximate surface area is 155 Å². The van der Waals surface area contributed by atoms with Gasteiger partial charge in [-0.3, -0.25) is 4.79 Å². The van der Waals surface area contributed by atoms with Gasteiger partial charge >= 0.3 is 6.18 Å². The normalized spacial score (nSPS) is 17.0. The van der Waals surface area contributed by atoms with Gasteiger partial charge in [0.15, 0.2) is 0 Å². The first kappa shape index (κ1) is 19.0. The van der Waals surface area contributed by atoms with Crippen LogP contribution in [0.4, 0.5) is 19.0 Å². The fraction of sp³-hybridized carbons (Fsp3) is 0.368. The van der Waals surface area contributed by atoms with Crippen LogP contribution in [-0.2, 0) is 6.18 Å². The van der Waals surface area contributed by atoms with E-state index < -0.39 is 11.7 Å². The number of amides is 1. The number of alkyl halides is 3. The molecule has 1 fully saturated rings. The topological polar surface area (TPSA) is 54.5 Å². The molecule has 2 heterocycles. The molecule has 1 saturated heterocycles. The molecule has 144 valence electrons. The molecule has 1 atom stereocenters. The maximum Gasteiger partial charge on any atom is 0.417 e. The van der Waals surface area contributed by atoms with Gasteiger partial charge in [0, 0.05) is 30.9 Å². The highest BCUT2D eigenvalue weighted by molar-refractivity contribution is 5.94. The second-order valence-corrected chi connectivity index (χ2v) is 6.27. The van der Waals surface area contributed by atoms with Crippen LogP contribution in [0.1, 0.15) is 29.3 Å². The van der Waals surface area contributed by atoms with Gasteiger partial charge in [0.05, 0.1) is 12.2 Å². The van der Waals surface area contributed by atoms with E-state index in [1.54, 1.807) is 24.3 Å². The van der Waals surface area contributed by atoms with Crippen molar-refractivity contribution >= 4 is 11.7 Å². The van der Waals surface area contributed by atoms with Crippen molar-refractivity contribution in [3.05, 3.63) is 53.7 Å². The first-order valence-electron chi connectivity index (χ1n) is 8.68. The first-order chi connectivity index (χ1) is 12.9. The Morgan fingerprint density at radius 2 is 2.00 bits per heavy atom. The molecular formula is C19H20F3N3O2. The molecule has 2 aromatic rings. The Bertz CT molecular complexity index is 776. The predicted octanol–water partition coefficient (Wildman–Crippen LogP) is 3.51. The summed E-state index contributed by atoms with van der Waals surface area (Å²) in [5.74, 6) is 0.987. The maximum atomic E-state index is 12.6. The Balaban J connectivity index is 1.57. The van der Waals surface area contributed by atoms with Crippen molar-refractivity contribution in [3.8, 4) is 5.75 Å². The van der Waals surface area contributed by atoms with Crippen molar-refractivity contribution in [1.82, 2.24) is 10.3 Å². The number of hydrogen-bond donors (Lipinski definition) is 1. The van der Waals surface area contributed by atoms with Crippen molar-refractivity contribution in [2.24, 2.45) is 0 Å². The van der Waals surface area contributed by atoms with Crippen molar-refractivity contribution in [3.63, 3.8) is 0 Å². The molecule has 1 N–H and O–H groups in total. The third-order valence-electron chi connectivity index (χ3n) is 4.35. The number of carbonyl (C=O) groups excluding carboxylic acids is 1. The summed E-state index contributed by atoms with van der Waals surface area (Å²) in [6.07, 6.45) is -2.86. The van der Waals surface area contributed by atoms with Gasteiger partial charge in [-0.15, -0.1) is 0 Å². The molecule has 0 saturated carbocycles.